The standard InChI is InChI=1S/C45H60FN3O11/c1-32(2)43-42(45(54)48-36-12-14-39(15-13-36)60-29-28-59-27-26-58-25-24-57-23-22-56-21-20-55-19-17-47)41(33-6-4-3-5-7-33)44(34-8-10-35(46)11-9-34)49(43)18-16-37(50)30-38(51)31-40(52)53/h3-15,32,37-38,50-51H,16-31,47H2,1-2H3,(H,48,54)(H,52,53). The normalized spacial score (nSPS) is 12.4. The molecule has 1 heterocycles. The summed E-state index contributed by atoms with van der Waals surface area (Å²) in [6.45, 7) is 9.59. The molecule has 6 N–H and O–H groups in total. The van der Waals surface area contributed by atoms with E-state index < -0.39 is 30.4 Å². The molecule has 3 aromatic carbocycles. The predicted octanol–water partition coefficient (Wildman–Crippen LogP) is 5.73. The van der Waals surface area contributed by atoms with Crippen LogP contribution in [-0.2, 0) is 35.0 Å². The Morgan fingerprint density at radius 2 is 1.27 bits per heavy atom. The van der Waals surface area contributed by atoms with Gasteiger partial charge in [0.05, 0.1) is 96.0 Å². The number of carbonyl (C=O) groups is 2. The van der Waals surface area contributed by atoms with Gasteiger partial charge in [0, 0.05) is 30.0 Å². The molecule has 2 atom stereocenters. The summed E-state index contributed by atoms with van der Waals surface area (Å²) in [6.07, 6.45) is -2.68. The number of carboxylic acids is 1. The van der Waals surface area contributed by atoms with Crippen LogP contribution in [0.3, 0.4) is 0 Å². The number of carbonyl (C=O) groups excluding carboxylic acids is 1. The minimum atomic E-state index is -1.22. The van der Waals surface area contributed by atoms with Crippen molar-refractivity contribution >= 4 is 17.6 Å². The summed E-state index contributed by atoms with van der Waals surface area (Å²) >= 11 is 0. The molecule has 328 valence electrons. The molecule has 0 aliphatic rings. The lowest BCUT2D eigenvalue weighted by Gasteiger charge is -2.20. The highest BCUT2D eigenvalue weighted by Gasteiger charge is 2.31. The number of nitrogens with two attached hydrogens (primary N) is 1. The average Bonchev–Trinajstić information content (AvgIpc) is 3.58. The lowest BCUT2D eigenvalue weighted by atomic mass is 9.94. The summed E-state index contributed by atoms with van der Waals surface area (Å²) in [7, 11) is 0. The molecule has 0 saturated heterocycles. The van der Waals surface area contributed by atoms with Crippen molar-refractivity contribution in [2.45, 2.75) is 57.8 Å². The van der Waals surface area contributed by atoms with Gasteiger partial charge >= 0.3 is 5.97 Å². The number of ether oxygens (including phenoxy) is 6. The zero-order chi connectivity index (χ0) is 43.1. The van der Waals surface area contributed by atoms with E-state index in [1.54, 1.807) is 36.4 Å². The fraction of sp³-hybridized carbons (Fsp3) is 0.467. The highest BCUT2D eigenvalue weighted by molar-refractivity contribution is 6.12. The number of aliphatic carboxylic acids is 1. The summed E-state index contributed by atoms with van der Waals surface area (Å²) in [4.78, 5) is 25.6. The molecular formula is C45H60FN3O11. The van der Waals surface area contributed by atoms with E-state index in [2.05, 4.69) is 5.32 Å². The second-order valence-corrected chi connectivity index (χ2v) is 14.3. The van der Waals surface area contributed by atoms with E-state index in [0.29, 0.717) is 119 Å². The monoisotopic (exact) mass is 837 g/mol. The van der Waals surface area contributed by atoms with Crippen LogP contribution in [0, 0.1) is 5.82 Å². The van der Waals surface area contributed by atoms with E-state index in [9.17, 15) is 24.2 Å². The summed E-state index contributed by atoms with van der Waals surface area (Å²) < 4.78 is 49.3. The van der Waals surface area contributed by atoms with Crippen LogP contribution in [-0.4, -0.2) is 123 Å². The van der Waals surface area contributed by atoms with E-state index >= 15 is 0 Å². The lowest BCUT2D eigenvalue weighted by molar-refractivity contribution is -0.139. The number of amides is 1. The van der Waals surface area contributed by atoms with Crippen molar-refractivity contribution in [1.82, 2.24) is 4.57 Å². The van der Waals surface area contributed by atoms with E-state index in [0.717, 1.165) is 5.56 Å². The smallest absolute Gasteiger partial charge is 0.305 e. The molecule has 0 bridgehead atoms. The second-order valence-electron chi connectivity index (χ2n) is 14.3. The number of anilines is 1. The zero-order valence-corrected chi connectivity index (χ0v) is 34.6. The van der Waals surface area contributed by atoms with Gasteiger partial charge in [0.1, 0.15) is 18.2 Å². The third kappa shape index (κ3) is 16.0. The minimum Gasteiger partial charge on any atom is -0.491 e. The number of carboxylic acid groups (broad SMARTS) is 1. The maximum Gasteiger partial charge on any atom is 0.305 e. The molecule has 0 aliphatic heterocycles. The van der Waals surface area contributed by atoms with Crippen molar-refractivity contribution < 1.29 is 57.7 Å². The maximum atomic E-state index is 14.5. The fourth-order valence-corrected chi connectivity index (χ4v) is 6.60. The first-order valence-electron chi connectivity index (χ1n) is 20.4. The number of aromatic nitrogens is 1. The summed E-state index contributed by atoms with van der Waals surface area (Å²) in [6, 6.07) is 22.5. The van der Waals surface area contributed by atoms with Gasteiger partial charge < -0.3 is 59.4 Å². The second kappa shape index (κ2) is 26.5. The first-order chi connectivity index (χ1) is 29.1. The molecule has 0 radical (unpaired) electrons. The van der Waals surface area contributed by atoms with Gasteiger partial charge in [-0.15, -0.1) is 0 Å². The maximum absolute atomic E-state index is 14.5. The quantitative estimate of drug-likeness (QED) is 0.0401. The molecule has 4 rings (SSSR count). The molecule has 0 aliphatic carbocycles. The fourth-order valence-electron chi connectivity index (χ4n) is 6.60. The van der Waals surface area contributed by atoms with E-state index in [4.69, 9.17) is 39.3 Å². The number of nitrogens with zero attached hydrogens (tertiary/aromatic N) is 1. The van der Waals surface area contributed by atoms with Gasteiger partial charge in [-0.3, -0.25) is 9.59 Å². The number of rotatable bonds is 30. The van der Waals surface area contributed by atoms with Crippen LogP contribution in [0.5, 0.6) is 5.75 Å². The lowest BCUT2D eigenvalue weighted by Crippen LogP contribution is -2.22. The zero-order valence-electron chi connectivity index (χ0n) is 34.6. The van der Waals surface area contributed by atoms with Crippen molar-refractivity contribution in [3.63, 3.8) is 0 Å². The van der Waals surface area contributed by atoms with Crippen LogP contribution in [0.1, 0.15) is 55.1 Å². The molecule has 14 nitrogen and oxygen atoms in total. The van der Waals surface area contributed by atoms with Gasteiger partial charge in [-0.2, -0.15) is 0 Å². The Labute approximate surface area is 351 Å². The highest BCUT2D eigenvalue weighted by atomic mass is 19.1. The van der Waals surface area contributed by atoms with Gasteiger partial charge in [0.2, 0.25) is 0 Å². The number of aliphatic hydroxyl groups is 2. The Bertz CT molecular complexity index is 1840. The summed E-state index contributed by atoms with van der Waals surface area (Å²) in [5.74, 6) is -1.51. The number of aliphatic hydroxyl groups excluding tert-OH is 2. The molecule has 4 aromatic rings. The first kappa shape index (κ1) is 48.0. The van der Waals surface area contributed by atoms with Crippen LogP contribution in [0.15, 0.2) is 78.9 Å². The Morgan fingerprint density at radius 3 is 1.80 bits per heavy atom. The summed E-state index contributed by atoms with van der Waals surface area (Å²) in [5.41, 5.74) is 9.77. The minimum absolute atomic E-state index is 0.126. The van der Waals surface area contributed by atoms with Gasteiger partial charge in [-0.05, 0) is 78.4 Å². The molecule has 15 heteroatoms. The van der Waals surface area contributed by atoms with Crippen LogP contribution in [0.25, 0.3) is 22.4 Å². The Hall–Kier alpha value is -4.71. The van der Waals surface area contributed by atoms with Gasteiger partial charge in [0.25, 0.3) is 5.91 Å². The number of hydrogen-bond donors (Lipinski definition) is 5. The molecule has 60 heavy (non-hydrogen) atoms. The Morgan fingerprint density at radius 1 is 0.717 bits per heavy atom. The highest BCUT2D eigenvalue weighted by Crippen LogP contribution is 2.42. The molecule has 1 aromatic heterocycles. The summed E-state index contributed by atoms with van der Waals surface area (Å²) in [5, 5.41) is 33.2. The topological polar surface area (TPSA) is 193 Å². The number of hydrogen-bond acceptors (Lipinski definition) is 11. The first-order valence-corrected chi connectivity index (χ1v) is 20.4. The number of nitrogens with one attached hydrogen (secondary N) is 1. The third-order valence-electron chi connectivity index (χ3n) is 9.26. The molecule has 0 spiro atoms. The van der Waals surface area contributed by atoms with Crippen LogP contribution < -0.4 is 15.8 Å². The third-order valence-corrected chi connectivity index (χ3v) is 9.26. The Kier molecular flexibility index (Phi) is 21.2. The average molecular weight is 838 g/mol. The van der Waals surface area contributed by atoms with Gasteiger partial charge in [-0.1, -0.05) is 44.2 Å². The van der Waals surface area contributed by atoms with E-state index in [-0.39, 0.29) is 31.2 Å². The molecular weight excluding hydrogens is 778 g/mol. The van der Waals surface area contributed by atoms with Crippen molar-refractivity contribution in [3.8, 4) is 28.1 Å². The number of benzene rings is 3. The van der Waals surface area contributed by atoms with E-state index in [1.165, 1.54) is 12.1 Å². The molecule has 1 amide bonds. The van der Waals surface area contributed by atoms with Crippen molar-refractivity contribution in [2.75, 3.05) is 84.5 Å². The van der Waals surface area contributed by atoms with Crippen LogP contribution in [0.2, 0.25) is 0 Å². The van der Waals surface area contributed by atoms with Crippen molar-refractivity contribution in [3.05, 3.63) is 95.9 Å². The van der Waals surface area contributed by atoms with Gasteiger partial charge in [-0.25, -0.2) is 4.39 Å². The van der Waals surface area contributed by atoms with Crippen molar-refractivity contribution in [2.24, 2.45) is 5.73 Å². The van der Waals surface area contributed by atoms with Gasteiger partial charge in [0.15, 0.2) is 0 Å². The SMILES string of the molecule is CC(C)c1c(C(=O)Nc2ccc(OCCOCCOCCOCCOCCOCCN)cc2)c(-c2ccccc2)c(-c2ccc(F)cc2)n1CCC(O)CC(O)CC(=O)O. The van der Waals surface area contributed by atoms with Crippen LogP contribution >= 0.6 is 0 Å². The van der Waals surface area contributed by atoms with E-state index in [1.807, 2.05) is 48.7 Å². The largest absolute Gasteiger partial charge is 0.491 e. The predicted molar refractivity (Wildman–Crippen MR) is 226 cm³/mol. The van der Waals surface area contributed by atoms with Crippen molar-refractivity contribution in [1.29, 1.82) is 0 Å². The molecule has 0 saturated carbocycles. The molecule has 0 fully saturated rings. The Balaban J connectivity index is 1.38. The number of halogens is 1. The van der Waals surface area contributed by atoms with Crippen LogP contribution in [0.4, 0.5) is 10.1 Å². The molecule has 2 unspecified atom stereocenters.